The van der Waals surface area contributed by atoms with Gasteiger partial charge in [0.15, 0.2) is 0 Å². The molecule has 7 heteroatoms. The van der Waals surface area contributed by atoms with Crippen LogP contribution >= 0.6 is 11.3 Å². The summed E-state index contributed by atoms with van der Waals surface area (Å²) in [5, 5.41) is 6.67. The van der Waals surface area contributed by atoms with Crippen molar-refractivity contribution in [2.45, 2.75) is 19.8 Å². The van der Waals surface area contributed by atoms with Gasteiger partial charge in [0, 0.05) is 43.2 Å². The fraction of sp³-hybridized carbons (Fsp3) is 0.533. The van der Waals surface area contributed by atoms with E-state index in [1.54, 1.807) is 17.7 Å². The monoisotopic (exact) mass is 319 g/mol. The van der Waals surface area contributed by atoms with Gasteiger partial charge in [-0.2, -0.15) is 0 Å². The molecule has 6 nitrogen and oxygen atoms in total. The fourth-order valence-corrected chi connectivity index (χ4v) is 3.20. The third-order valence-electron chi connectivity index (χ3n) is 3.53. The number of hydrogen-bond acceptors (Lipinski definition) is 7. The highest BCUT2D eigenvalue weighted by atomic mass is 32.1. The van der Waals surface area contributed by atoms with Gasteiger partial charge in [0.1, 0.15) is 18.0 Å². The minimum Gasteiger partial charge on any atom is -0.378 e. The molecule has 2 aromatic heterocycles. The molecule has 0 atom stereocenters. The molecule has 118 valence electrons. The highest BCUT2D eigenvalue weighted by Crippen LogP contribution is 2.16. The Morgan fingerprint density at radius 2 is 2.18 bits per heavy atom. The van der Waals surface area contributed by atoms with E-state index >= 15 is 0 Å². The smallest absolute Gasteiger partial charge is 0.134 e. The summed E-state index contributed by atoms with van der Waals surface area (Å²) in [7, 11) is 0. The number of anilines is 2. The van der Waals surface area contributed by atoms with Gasteiger partial charge in [0.2, 0.25) is 0 Å². The Morgan fingerprint density at radius 3 is 2.95 bits per heavy atom. The van der Waals surface area contributed by atoms with Crippen molar-refractivity contribution in [3.63, 3.8) is 0 Å². The molecule has 0 aromatic carbocycles. The van der Waals surface area contributed by atoms with Crippen molar-refractivity contribution in [2.75, 3.05) is 43.1 Å². The highest BCUT2D eigenvalue weighted by Gasteiger charge is 2.12. The normalized spacial score (nSPS) is 15.0. The molecule has 0 aliphatic carbocycles. The largest absolute Gasteiger partial charge is 0.378 e. The Kier molecular flexibility index (Phi) is 5.18. The van der Waals surface area contributed by atoms with Crippen LogP contribution in [0, 0.1) is 6.92 Å². The van der Waals surface area contributed by atoms with Crippen LogP contribution in [0.5, 0.6) is 0 Å². The molecule has 0 bridgehead atoms. The zero-order chi connectivity index (χ0) is 15.2. The molecular weight excluding hydrogens is 298 g/mol. The Labute approximate surface area is 134 Å². The number of rotatable bonds is 6. The van der Waals surface area contributed by atoms with Gasteiger partial charge in [-0.15, -0.1) is 11.3 Å². The zero-order valence-corrected chi connectivity index (χ0v) is 13.6. The summed E-state index contributed by atoms with van der Waals surface area (Å²) in [6.07, 6.45) is 3.67. The van der Waals surface area contributed by atoms with Crippen LogP contribution in [-0.4, -0.2) is 47.8 Å². The Morgan fingerprint density at radius 1 is 1.32 bits per heavy atom. The lowest BCUT2D eigenvalue weighted by Gasteiger charge is -2.27. The van der Waals surface area contributed by atoms with Crippen LogP contribution in [0.1, 0.15) is 17.1 Å². The maximum absolute atomic E-state index is 5.37. The Balaban J connectivity index is 1.47. The predicted octanol–water partition coefficient (Wildman–Crippen LogP) is 2.12. The van der Waals surface area contributed by atoms with Gasteiger partial charge < -0.3 is 15.0 Å². The number of nitrogens with zero attached hydrogens (tertiary/aromatic N) is 4. The standard InChI is InChI=1S/C15H21N5OS/c1-12-10-22-15(19-12)3-2-4-16-13-9-14(18-11-17-13)20-5-7-21-8-6-20/h9-11H,2-8H2,1H3,(H,16,17,18). The lowest BCUT2D eigenvalue weighted by molar-refractivity contribution is 0.122. The quantitative estimate of drug-likeness (QED) is 0.823. The number of hydrogen-bond donors (Lipinski definition) is 1. The van der Waals surface area contributed by atoms with Crippen molar-refractivity contribution >= 4 is 23.0 Å². The van der Waals surface area contributed by atoms with E-state index in [0.717, 1.165) is 63.0 Å². The van der Waals surface area contributed by atoms with Crippen LogP contribution in [0.2, 0.25) is 0 Å². The first kappa shape index (κ1) is 15.2. The van der Waals surface area contributed by atoms with Crippen LogP contribution in [0.4, 0.5) is 11.6 Å². The number of thiazole rings is 1. The fourth-order valence-electron chi connectivity index (χ4n) is 2.38. The van der Waals surface area contributed by atoms with E-state index in [-0.39, 0.29) is 0 Å². The second-order valence-electron chi connectivity index (χ2n) is 5.27. The molecular formula is C15H21N5OS. The molecule has 1 N–H and O–H groups in total. The summed E-state index contributed by atoms with van der Waals surface area (Å²) < 4.78 is 5.37. The SMILES string of the molecule is Cc1csc(CCCNc2cc(N3CCOCC3)ncn2)n1. The highest BCUT2D eigenvalue weighted by molar-refractivity contribution is 7.09. The first-order valence-electron chi connectivity index (χ1n) is 7.61. The van der Waals surface area contributed by atoms with E-state index in [4.69, 9.17) is 4.74 Å². The molecule has 22 heavy (non-hydrogen) atoms. The molecule has 1 aliphatic heterocycles. The molecule has 1 fully saturated rings. The minimum atomic E-state index is 0.764. The van der Waals surface area contributed by atoms with Crippen LogP contribution in [0.3, 0.4) is 0 Å². The van der Waals surface area contributed by atoms with Gasteiger partial charge in [0.25, 0.3) is 0 Å². The maximum atomic E-state index is 5.37. The van der Waals surface area contributed by atoms with Crippen LogP contribution in [-0.2, 0) is 11.2 Å². The number of aryl methyl sites for hydroxylation is 2. The second kappa shape index (κ2) is 7.51. The number of ether oxygens (including phenoxy) is 1. The Bertz CT molecular complexity index is 597. The molecule has 0 radical (unpaired) electrons. The first-order valence-corrected chi connectivity index (χ1v) is 8.49. The van der Waals surface area contributed by atoms with E-state index in [9.17, 15) is 0 Å². The summed E-state index contributed by atoms with van der Waals surface area (Å²) in [6, 6.07) is 2.01. The summed E-state index contributed by atoms with van der Waals surface area (Å²) in [5.74, 6) is 1.85. The summed E-state index contributed by atoms with van der Waals surface area (Å²) >= 11 is 1.73. The molecule has 0 spiro atoms. The van der Waals surface area contributed by atoms with Crippen molar-refractivity contribution in [3.05, 3.63) is 28.5 Å². The average molecular weight is 319 g/mol. The Hall–Kier alpha value is -1.73. The lowest BCUT2D eigenvalue weighted by atomic mass is 10.3. The van der Waals surface area contributed by atoms with Crippen molar-refractivity contribution < 1.29 is 4.74 Å². The second-order valence-corrected chi connectivity index (χ2v) is 6.22. The van der Waals surface area contributed by atoms with Gasteiger partial charge in [-0.3, -0.25) is 0 Å². The summed E-state index contributed by atoms with van der Waals surface area (Å²) in [5.41, 5.74) is 1.11. The molecule has 3 rings (SSSR count). The van der Waals surface area contributed by atoms with Crippen molar-refractivity contribution in [3.8, 4) is 0 Å². The van der Waals surface area contributed by atoms with E-state index in [2.05, 4.69) is 30.5 Å². The molecule has 1 saturated heterocycles. The molecule has 3 heterocycles. The lowest BCUT2D eigenvalue weighted by Crippen LogP contribution is -2.36. The van der Waals surface area contributed by atoms with Gasteiger partial charge in [-0.05, 0) is 13.3 Å². The molecule has 0 saturated carbocycles. The first-order chi connectivity index (χ1) is 10.8. The van der Waals surface area contributed by atoms with Gasteiger partial charge in [0.05, 0.1) is 18.2 Å². The van der Waals surface area contributed by atoms with Crippen LogP contribution < -0.4 is 10.2 Å². The third-order valence-corrected chi connectivity index (χ3v) is 4.55. The van der Waals surface area contributed by atoms with E-state index in [1.165, 1.54) is 5.01 Å². The van der Waals surface area contributed by atoms with Crippen molar-refractivity contribution in [2.24, 2.45) is 0 Å². The number of morpholine rings is 1. The summed E-state index contributed by atoms with van der Waals surface area (Å²) in [4.78, 5) is 15.4. The number of nitrogens with one attached hydrogen (secondary N) is 1. The predicted molar refractivity (Wildman–Crippen MR) is 88.7 cm³/mol. The van der Waals surface area contributed by atoms with Gasteiger partial charge >= 0.3 is 0 Å². The molecule has 0 unspecified atom stereocenters. The van der Waals surface area contributed by atoms with Crippen molar-refractivity contribution in [1.29, 1.82) is 0 Å². The zero-order valence-electron chi connectivity index (χ0n) is 12.8. The maximum Gasteiger partial charge on any atom is 0.134 e. The summed E-state index contributed by atoms with van der Waals surface area (Å²) in [6.45, 7) is 6.23. The van der Waals surface area contributed by atoms with E-state index in [1.807, 2.05) is 13.0 Å². The van der Waals surface area contributed by atoms with Gasteiger partial charge in [-0.25, -0.2) is 15.0 Å². The van der Waals surface area contributed by atoms with E-state index in [0.29, 0.717) is 0 Å². The minimum absolute atomic E-state index is 0.764. The van der Waals surface area contributed by atoms with Gasteiger partial charge in [-0.1, -0.05) is 0 Å². The van der Waals surface area contributed by atoms with E-state index < -0.39 is 0 Å². The third kappa shape index (κ3) is 4.14. The molecule has 2 aromatic rings. The average Bonchev–Trinajstić information content (AvgIpc) is 2.98. The van der Waals surface area contributed by atoms with Crippen LogP contribution in [0.15, 0.2) is 17.8 Å². The van der Waals surface area contributed by atoms with Crippen molar-refractivity contribution in [1.82, 2.24) is 15.0 Å². The molecule has 1 aliphatic rings. The number of aromatic nitrogens is 3. The van der Waals surface area contributed by atoms with Crippen LogP contribution in [0.25, 0.3) is 0 Å². The topological polar surface area (TPSA) is 63.2 Å². The molecule has 0 amide bonds.